The largest absolute Gasteiger partial charge is 0.456 e. The van der Waals surface area contributed by atoms with Gasteiger partial charge in [-0.05, 0) is 62.6 Å². The van der Waals surface area contributed by atoms with Gasteiger partial charge in [-0.1, -0.05) is 12.1 Å². The van der Waals surface area contributed by atoms with Gasteiger partial charge in [-0.3, -0.25) is 4.79 Å². The minimum absolute atomic E-state index is 0.263. The molecule has 1 N–H and O–H groups in total. The number of hydrogen-bond donors (Lipinski definition) is 1. The second-order valence-corrected chi connectivity index (χ2v) is 4.85. The average molecular weight is 270 g/mol. The van der Waals surface area contributed by atoms with Crippen LogP contribution in [0, 0.1) is 20.8 Å². The van der Waals surface area contributed by atoms with Crippen LogP contribution in [0.5, 0.6) is 0 Å². The van der Waals surface area contributed by atoms with Crippen molar-refractivity contribution in [3.63, 3.8) is 0 Å². The normalized spacial score (nSPS) is 11.5. The number of amides is 1. The fourth-order valence-corrected chi connectivity index (χ4v) is 1.78. The highest BCUT2D eigenvalue weighted by Crippen LogP contribution is 2.11. The van der Waals surface area contributed by atoms with Gasteiger partial charge in [0, 0.05) is 0 Å². The Labute approximate surface area is 118 Å². The van der Waals surface area contributed by atoms with Gasteiger partial charge < -0.3 is 4.42 Å². The topological polar surface area (TPSA) is 54.6 Å². The Morgan fingerprint density at radius 1 is 1.10 bits per heavy atom. The Morgan fingerprint density at radius 3 is 2.45 bits per heavy atom. The van der Waals surface area contributed by atoms with Gasteiger partial charge in [-0.15, -0.1) is 0 Å². The molecular formula is C16H18N2O2. The van der Waals surface area contributed by atoms with Gasteiger partial charge in [0.15, 0.2) is 5.76 Å². The van der Waals surface area contributed by atoms with Gasteiger partial charge in [0.2, 0.25) is 0 Å². The summed E-state index contributed by atoms with van der Waals surface area (Å²) in [5, 5.41) is 4.11. The zero-order valence-corrected chi connectivity index (χ0v) is 12.2. The summed E-state index contributed by atoms with van der Waals surface area (Å²) in [4.78, 5) is 11.8. The molecule has 0 aliphatic heterocycles. The highest BCUT2D eigenvalue weighted by atomic mass is 16.3. The fraction of sp³-hybridized carbons (Fsp3) is 0.250. The van der Waals surface area contributed by atoms with E-state index in [9.17, 15) is 4.79 Å². The van der Waals surface area contributed by atoms with Crippen LogP contribution >= 0.6 is 0 Å². The van der Waals surface area contributed by atoms with Crippen LogP contribution in [-0.2, 0) is 0 Å². The number of benzene rings is 1. The first-order chi connectivity index (χ1) is 9.47. The summed E-state index contributed by atoms with van der Waals surface area (Å²) in [6.07, 6.45) is 0. The molecule has 20 heavy (non-hydrogen) atoms. The van der Waals surface area contributed by atoms with Crippen molar-refractivity contribution in [3.8, 4) is 0 Å². The molecule has 0 radical (unpaired) electrons. The van der Waals surface area contributed by atoms with Gasteiger partial charge in [-0.25, -0.2) is 5.43 Å². The maximum Gasteiger partial charge on any atom is 0.307 e. The van der Waals surface area contributed by atoms with Crippen molar-refractivity contribution in [1.29, 1.82) is 0 Å². The summed E-state index contributed by atoms with van der Waals surface area (Å²) in [5.74, 6) is 0.616. The molecule has 1 heterocycles. The maximum atomic E-state index is 11.8. The third-order valence-corrected chi connectivity index (χ3v) is 3.21. The zero-order valence-electron chi connectivity index (χ0n) is 12.2. The van der Waals surface area contributed by atoms with Crippen LogP contribution in [0.3, 0.4) is 0 Å². The predicted molar refractivity (Wildman–Crippen MR) is 79.0 cm³/mol. The molecule has 1 aromatic heterocycles. The smallest absolute Gasteiger partial charge is 0.307 e. The standard InChI is InChI=1S/C16H18N2O2/c1-10-5-7-14(9-11(10)2)13(4)17-18-16(19)15-8-6-12(3)20-15/h5-9H,1-4H3,(H,18,19)/b17-13-. The third kappa shape index (κ3) is 3.15. The number of nitrogens with zero attached hydrogens (tertiary/aromatic N) is 1. The van der Waals surface area contributed by atoms with Crippen LogP contribution < -0.4 is 5.43 Å². The molecule has 4 heteroatoms. The molecule has 0 aliphatic rings. The van der Waals surface area contributed by atoms with Gasteiger partial charge in [-0.2, -0.15) is 5.10 Å². The SMILES string of the molecule is C/C(=N/NC(=O)c1ccc(C)o1)c1ccc(C)c(C)c1. The van der Waals surface area contributed by atoms with Crippen molar-refractivity contribution in [2.75, 3.05) is 0 Å². The summed E-state index contributed by atoms with van der Waals surface area (Å²) in [6.45, 7) is 7.76. The molecule has 2 rings (SSSR count). The van der Waals surface area contributed by atoms with Crippen LogP contribution in [0.15, 0.2) is 39.9 Å². The van der Waals surface area contributed by atoms with Crippen LogP contribution in [0.2, 0.25) is 0 Å². The second kappa shape index (κ2) is 5.74. The van der Waals surface area contributed by atoms with Gasteiger partial charge >= 0.3 is 5.91 Å². The summed E-state index contributed by atoms with van der Waals surface area (Å²) < 4.78 is 5.24. The average Bonchev–Trinajstić information content (AvgIpc) is 2.85. The van der Waals surface area contributed by atoms with E-state index in [1.807, 2.05) is 19.1 Å². The van der Waals surface area contributed by atoms with Crippen molar-refractivity contribution in [2.24, 2.45) is 5.10 Å². The molecule has 0 unspecified atom stereocenters. The molecule has 0 bridgehead atoms. The molecule has 2 aromatic rings. The Balaban J connectivity index is 2.10. The van der Waals surface area contributed by atoms with Crippen molar-refractivity contribution >= 4 is 11.6 Å². The minimum atomic E-state index is -0.346. The number of nitrogens with one attached hydrogen (secondary N) is 1. The molecule has 104 valence electrons. The monoisotopic (exact) mass is 270 g/mol. The lowest BCUT2D eigenvalue weighted by atomic mass is 10.0. The van der Waals surface area contributed by atoms with E-state index in [1.54, 1.807) is 19.1 Å². The molecule has 0 saturated carbocycles. The molecule has 0 aliphatic carbocycles. The molecule has 0 atom stereocenters. The molecule has 1 aromatic carbocycles. The van der Waals surface area contributed by atoms with Crippen LogP contribution in [0.4, 0.5) is 0 Å². The van der Waals surface area contributed by atoms with Crippen LogP contribution in [-0.4, -0.2) is 11.6 Å². The van der Waals surface area contributed by atoms with Gasteiger partial charge in [0.05, 0.1) is 5.71 Å². The highest BCUT2D eigenvalue weighted by molar-refractivity contribution is 6.00. The number of carbonyl (C=O) groups excluding carboxylic acids is 1. The van der Waals surface area contributed by atoms with Crippen molar-refractivity contribution < 1.29 is 9.21 Å². The van der Waals surface area contributed by atoms with Crippen LogP contribution in [0.1, 0.15) is 39.9 Å². The maximum absolute atomic E-state index is 11.8. The number of furan rings is 1. The van der Waals surface area contributed by atoms with Crippen molar-refractivity contribution in [2.45, 2.75) is 27.7 Å². The van der Waals surface area contributed by atoms with Crippen molar-refractivity contribution in [3.05, 3.63) is 58.5 Å². The lowest BCUT2D eigenvalue weighted by Crippen LogP contribution is -2.18. The molecule has 0 spiro atoms. The lowest BCUT2D eigenvalue weighted by Gasteiger charge is -2.05. The van der Waals surface area contributed by atoms with Gasteiger partial charge in [0.1, 0.15) is 5.76 Å². The van der Waals surface area contributed by atoms with E-state index in [4.69, 9.17) is 4.42 Å². The van der Waals surface area contributed by atoms with Gasteiger partial charge in [0.25, 0.3) is 0 Å². The first-order valence-corrected chi connectivity index (χ1v) is 6.46. The summed E-state index contributed by atoms with van der Waals surface area (Å²) in [7, 11) is 0. The number of hydrazone groups is 1. The Morgan fingerprint density at radius 2 is 1.85 bits per heavy atom. The van der Waals surface area contributed by atoms with E-state index in [0.717, 1.165) is 11.3 Å². The Bertz CT molecular complexity index is 669. The molecule has 0 fully saturated rings. The predicted octanol–water partition coefficient (Wildman–Crippen LogP) is 3.36. The number of hydrogen-bond acceptors (Lipinski definition) is 3. The Hall–Kier alpha value is -2.36. The zero-order chi connectivity index (χ0) is 14.7. The number of carbonyl (C=O) groups is 1. The number of aryl methyl sites for hydroxylation is 3. The quantitative estimate of drug-likeness (QED) is 0.686. The van der Waals surface area contributed by atoms with E-state index in [0.29, 0.717) is 5.76 Å². The molecular weight excluding hydrogens is 252 g/mol. The third-order valence-electron chi connectivity index (χ3n) is 3.21. The van der Waals surface area contributed by atoms with E-state index in [1.165, 1.54) is 11.1 Å². The van der Waals surface area contributed by atoms with E-state index in [-0.39, 0.29) is 11.7 Å². The minimum Gasteiger partial charge on any atom is -0.456 e. The molecule has 1 amide bonds. The first kappa shape index (κ1) is 14.1. The summed E-state index contributed by atoms with van der Waals surface area (Å²) in [6, 6.07) is 9.46. The number of rotatable bonds is 3. The molecule has 4 nitrogen and oxygen atoms in total. The first-order valence-electron chi connectivity index (χ1n) is 6.46. The fourth-order valence-electron chi connectivity index (χ4n) is 1.78. The van der Waals surface area contributed by atoms with Crippen molar-refractivity contribution in [1.82, 2.24) is 5.43 Å². The highest BCUT2D eigenvalue weighted by Gasteiger charge is 2.09. The summed E-state index contributed by atoms with van der Waals surface area (Å²) >= 11 is 0. The van der Waals surface area contributed by atoms with E-state index >= 15 is 0 Å². The lowest BCUT2D eigenvalue weighted by molar-refractivity contribution is 0.0926. The molecule has 0 saturated heterocycles. The van der Waals surface area contributed by atoms with E-state index < -0.39 is 0 Å². The Kier molecular flexibility index (Phi) is 4.03. The van der Waals surface area contributed by atoms with E-state index in [2.05, 4.69) is 30.4 Å². The van der Waals surface area contributed by atoms with Crippen LogP contribution in [0.25, 0.3) is 0 Å². The summed E-state index contributed by atoms with van der Waals surface area (Å²) in [5.41, 5.74) is 6.68. The second-order valence-electron chi connectivity index (χ2n) is 4.85.